The third-order valence-corrected chi connectivity index (χ3v) is 6.86. The predicted octanol–water partition coefficient (Wildman–Crippen LogP) is 5.53. The fraction of sp³-hybridized carbons (Fsp3) is 0.550. The van der Waals surface area contributed by atoms with E-state index in [1.165, 1.54) is 23.1 Å². The molecule has 0 aromatic carbocycles. The standard InChI is InChI=1S/C20H24ClF3N4O2S2/c1-4-12-10(2)32-17(13(12)18(29)30-3)26-19(31)25-8-5-9-28-15(11-6-7-11)14(21)16(27-28)20(22,23)24/h11H,4-9H2,1-3H3,(H2,25,26,31). The van der Waals surface area contributed by atoms with Gasteiger partial charge in [0.1, 0.15) is 5.00 Å². The molecule has 2 heterocycles. The molecule has 0 atom stereocenters. The summed E-state index contributed by atoms with van der Waals surface area (Å²) in [5, 5.41) is 10.4. The lowest BCUT2D eigenvalue weighted by atomic mass is 10.1. The van der Waals surface area contributed by atoms with Crippen LogP contribution in [0.5, 0.6) is 0 Å². The molecule has 0 radical (unpaired) electrons. The quantitative estimate of drug-likeness (QED) is 0.278. The van der Waals surface area contributed by atoms with Crippen molar-refractivity contribution in [1.29, 1.82) is 0 Å². The van der Waals surface area contributed by atoms with Gasteiger partial charge in [0.05, 0.1) is 23.4 Å². The molecule has 3 rings (SSSR count). The van der Waals surface area contributed by atoms with Crippen molar-refractivity contribution in [2.24, 2.45) is 0 Å². The zero-order chi connectivity index (χ0) is 23.6. The summed E-state index contributed by atoms with van der Waals surface area (Å²) in [4.78, 5) is 13.2. The number of aryl methyl sites for hydroxylation is 2. The second-order valence-electron chi connectivity index (χ2n) is 7.46. The predicted molar refractivity (Wildman–Crippen MR) is 123 cm³/mol. The van der Waals surface area contributed by atoms with Crippen LogP contribution < -0.4 is 10.6 Å². The summed E-state index contributed by atoms with van der Waals surface area (Å²) >= 11 is 12.7. The van der Waals surface area contributed by atoms with Gasteiger partial charge in [0.15, 0.2) is 10.8 Å². The van der Waals surface area contributed by atoms with Gasteiger partial charge in [-0.05, 0) is 50.4 Å². The number of methoxy groups -OCH3 is 1. The number of carbonyl (C=O) groups excluding carboxylic acids is 1. The molecule has 0 bridgehead atoms. The number of alkyl halides is 3. The van der Waals surface area contributed by atoms with Crippen LogP contribution in [0.15, 0.2) is 0 Å². The van der Waals surface area contributed by atoms with Crippen molar-refractivity contribution < 1.29 is 22.7 Å². The summed E-state index contributed by atoms with van der Waals surface area (Å²) in [6, 6.07) is 0. The summed E-state index contributed by atoms with van der Waals surface area (Å²) in [6.07, 6.45) is -1.77. The molecule has 0 unspecified atom stereocenters. The smallest absolute Gasteiger partial charge is 0.436 e. The number of thiophene rings is 1. The summed E-state index contributed by atoms with van der Waals surface area (Å²) in [6.45, 7) is 4.58. The number of carbonyl (C=O) groups is 1. The first-order valence-corrected chi connectivity index (χ1v) is 11.8. The van der Waals surface area contributed by atoms with E-state index in [0.717, 1.165) is 23.3 Å². The van der Waals surface area contributed by atoms with Gasteiger partial charge in [-0.15, -0.1) is 11.3 Å². The van der Waals surface area contributed by atoms with Gasteiger partial charge >= 0.3 is 12.1 Å². The van der Waals surface area contributed by atoms with Gasteiger partial charge in [-0.2, -0.15) is 18.3 Å². The summed E-state index contributed by atoms with van der Waals surface area (Å²) in [7, 11) is 1.33. The third-order valence-electron chi connectivity index (χ3n) is 5.18. The van der Waals surface area contributed by atoms with Gasteiger partial charge < -0.3 is 15.4 Å². The third kappa shape index (κ3) is 5.37. The molecular formula is C20H24ClF3N4O2S2. The van der Waals surface area contributed by atoms with Crippen LogP contribution in [0.2, 0.25) is 5.02 Å². The number of rotatable bonds is 8. The Morgan fingerprint density at radius 3 is 2.66 bits per heavy atom. The van der Waals surface area contributed by atoms with E-state index in [1.807, 2.05) is 13.8 Å². The minimum atomic E-state index is -4.58. The van der Waals surface area contributed by atoms with Crippen LogP contribution in [-0.2, 0) is 23.9 Å². The highest BCUT2D eigenvalue weighted by molar-refractivity contribution is 7.80. The number of thiocarbonyl (C=S) groups is 1. The Kier molecular flexibility index (Phi) is 7.72. The molecule has 32 heavy (non-hydrogen) atoms. The van der Waals surface area contributed by atoms with E-state index in [-0.39, 0.29) is 17.5 Å². The molecule has 1 saturated carbocycles. The lowest BCUT2D eigenvalue weighted by Gasteiger charge is -2.12. The Morgan fingerprint density at radius 2 is 2.09 bits per heavy atom. The highest BCUT2D eigenvalue weighted by atomic mass is 35.5. The minimum absolute atomic E-state index is 0.0355. The van der Waals surface area contributed by atoms with E-state index in [9.17, 15) is 18.0 Å². The molecule has 0 spiro atoms. The van der Waals surface area contributed by atoms with E-state index in [4.69, 9.17) is 28.6 Å². The van der Waals surface area contributed by atoms with Crippen LogP contribution in [0.1, 0.15) is 64.3 Å². The SMILES string of the molecule is CCc1c(C)sc(NC(=S)NCCCn2nc(C(F)(F)F)c(Cl)c2C2CC2)c1C(=O)OC. The van der Waals surface area contributed by atoms with Gasteiger partial charge in [-0.25, -0.2) is 4.79 Å². The second-order valence-corrected chi connectivity index (χ2v) is 9.47. The molecule has 2 N–H and O–H groups in total. The molecule has 12 heteroatoms. The first-order chi connectivity index (χ1) is 15.1. The van der Waals surface area contributed by atoms with Crippen LogP contribution >= 0.6 is 35.2 Å². The van der Waals surface area contributed by atoms with E-state index < -0.39 is 17.8 Å². The van der Waals surface area contributed by atoms with Gasteiger partial charge in [0.25, 0.3) is 0 Å². The normalized spacial score (nSPS) is 13.8. The number of anilines is 1. The van der Waals surface area contributed by atoms with Crippen molar-refractivity contribution in [3.05, 3.63) is 32.4 Å². The Bertz CT molecular complexity index is 1020. The first kappa shape index (κ1) is 24.8. The number of aromatic nitrogens is 2. The fourth-order valence-corrected chi connectivity index (χ4v) is 5.34. The van der Waals surface area contributed by atoms with Crippen molar-refractivity contribution >= 4 is 51.2 Å². The maximum Gasteiger partial charge on any atom is 0.436 e. The largest absolute Gasteiger partial charge is 0.465 e. The lowest BCUT2D eigenvalue weighted by Crippen LogP contribution is -2.30. The fourth-order valence-electron chi connectivity index (χ4n) is 3.54. The topological polar surface area (TPSA) is 68.2 Å². The Morgan fingerprint density at radius 1 is 1.41 bits per heavy atom. The highest BCUT2D eigenvalue weighted by Gasteiger charge is 2.41. The molecular weight excluding hydrogens is 485 g/mol. The zero-order valence-corrected chi connectivity index (χ0v) is 20.2. The summed E-state index contributed by atoms with van der Waals surface area (Å²) in [5.74, 6) is -0.395. The van der Waals surface area contributed by atoms with Crippen LogP contribution in [-0.4, -0.2) is 34.5 Å². The summed E-state index contributed by atoms with van der Waals surface area (Å²) in [5.41, 5.74) is 0.822. The van der Waals surface area contributed by atoms with Gasteiger partial charge in [0, 0.05) is 23.9 Å². The highest BCUT2D eigenvalue weighted by Crippen LogP contribution is 2.46. The van der Waals surface area contributed by atoms with Crippen LogP contribution in [0, 0.1) is 6.92 Å². The molecule has 0 aliphatic heterocycles. The maximum absolute atomic E-state index is 13.2. The molecule has 176 valence electrons. The molecule has 2 aromatic heterocycles. The second kappa shape index (κ2) is 9.96. The number of hydrogen-bond donors (Lipinski definition) is 2. The number of halogens is 4. The van der Waals surface area contributed by atoms with E-state index >= 15 is 0 Å². The van der Waals surface area contributed by atoms with Gasteiger partial charge in [0.2, 0.25) is 0 Å². The molecule has 1 aliphatic rings. The van der Waals surface area contributed by atoms with Crippen LogP contribution in [0.25, 0.3) is 0 Å². The Hall–Kier alpha value is -1.85. The van der Waals surface area contributed by atoms with E-state index in [2.05, 4.69) is 15.7 Å². The first-order valence-electron chi connectivity index (χ1n) is 10.2. The van der Waals surface area contributed by atoms with E-state index in [0.29, 0.717) is 40.8 Å². The monoisotopic (exact) mass is 508 g/mol. The van der Waals surface area contributed by atoms with Crippen molar-refractivity contribution in [3.8, 4) is 0 Å². The number of nitrogens with one attached hydrogen (secondary N) is 2. The number of ether oxygens (including phenoxy) is 1. The maximum atomic E-state index is 13.2. The average molecular weight is 509 g/mol. The number of hydrogen-bond acceptors (Lipinski definition) is 5. The van der Waals surface area contributed by atoms with Crippen molar-refractivity contribution in [2.45, 2.75) is 58.2 Å². The Labute approximate surface area is 198 Å². The van der Waals surface area contributed by atoms with Crippen LogP contribution in [0.4, 0.5) is 18.2 Å². The van der Waals surface area contributed by atoms with E-state index in [1.54, 1.807) is 0 Å². The van der Waals surface area contributed by atoms with Crippen LogP contribution in [0.3, 0.4) is 0 Å². The summed E-state index contributed by atoms with van der Waals surface area (Å²) < 4.78 is 45.8. The average Bonchev–Trinajstić information content (AvgIpc) is 3.42. The Balaban J connectivity index is 1.60. The zero-order valence-electron chi connectivity index (χ0n) is 17.9. The molecule has 1 aliphatic carbocycles. The number of nitrogens with zero attached hydrogens (tertiary/aromatic N) is 2. The van der Waals surface area contributed by atoms with Crippen molar-refractivity contribution in [1.82, 2.24) is 15.1 Å². The molecule has 2 aromatic rings. The van der Waals surface area contributed by atoms with Gasteiger partial charge in [-0.1, -0.05) is 18.5 Å². The molecule has 1 fully saturated rings. The molecule has 0 saturated heterocycles. The lowest BCUT2D eigenvalue weighted by molar-refractivity contribution is -0.141. The molecule has 6 nitrogen and oxygen atoms in total. The minimum Gasteiger partial charge on any atom is -0.465 e. The van der Waals surface area contributed by atoms with Crippen molar-refractivity contribution in [3.63, 3.8) is 0 Å². The number of esters is 1. The van der Waals surface area contributed by atoms with Gasteiger partial charge in [-0.3, -0.25) is 4.68 Å². The van der Waals surface area contributed by atoms with Crippen molar-refractivity contribution in [2.75, 3.05) is 19.0 Å². The molecule has 0 amide bonds.